The quantitative estimate of drug-likeness (QED) is 0.155. The largest absolute Gasteiger partial charge is 0.494 e. The van der Waals surface area contributed by atoms with E-state index in [2.05, 4.69) is 23.8 Å². The molecule has 0 saturated heterocycles. The van der Waals surface area contributed by atoms with Crippen LogP contribution in [0.2, 0.25) is 0 Å². The molecule has 174 valence electrons. The van der Waals surface area contributed by atoms with E-state index in [4.69, 9.17) is 18.9 Å². The summed E-state index contributed by atoms with van der Waals surface area (Å²) in [5, 5.41) is 3.64. The highest BCUT2D eigenvalue weighted by Gasteiger charge is 2.07. The van der Waals surface area contributed by atoms with E-state index in [9.17, 15) is 0 Å². The molecule has 0 aliphatic heterocycles. The Morgan fingerprint density at radius 2 is 1.62 bits per heavy atom. The first-order valence-electron chi connectivity index (χ1n) is 11.0. The van der Waals surface area contributed by atoms with Crippen LogP contribution in [0.25, 0.3) is 0 Å². The van der Waals surface area contributed by atoms with Gasteiger partial charge in [0.05, 0.1) is 32.6 Å². The maximum atomic E-state index is 6.03. The van der Waals surface area contributed by atoms with Crippen molar-refractivity contribution in [1.29, 1.82) is 0 Å². The fraction of sp³-hybridized carbons (Fsp3) is 0.423. The molecule has 2 aromatic rings. The minimum absolute atomic E-state index is 0.407. The summed E-state index contributed by atoms with van der Waals surface area (Å²) < 4.78 is 23.2. The topological polar surface area (TPSA) is 58.5 Å². The Kier molecular flexibility index (Phi) is 11.8. The first-order valence-corrected chi connectivity index (χ1v) is 11.0. The molecule has 6 heteroatoms. The van der Waals surface area contributed by atoms with Crippen LogP contribution in [0.5, 0.6) is 17.2 Å². The van der Waals surface area contributed by atoms with Gasteiger partial charge in [-0.25, -0.2) is 0 Å². The van der Waals surface area contributed by atoms with E-state index in [1.54, 1.807) is 6.21 Å². The number of rotatable bonds is 15. The number of allylic oxidation sites excluding steroid dienone is 1. The highest BCUT2D eigenvalue weighted by molar-refractivity contribution is 5.57. The Morgan fingerprint density at radius 3 is 2.34 bits per heavy atom. The van der Waals surface area contributed by atoms with Crippen LogP contribution in [0.15, 0.2) is 53.7 Å². The number of hydrogen-bond donors (Lipinski definition) is 0. The zero-order valence-electron chi connectivity index (χ0n) is 19.6. The van der Waals surface area contributed by atoms with Crippen molar-refractivity contribution >= 4 is 6.21 Å². The maximum Gasteiger partial charge on any atom is 0.125 e. The van der Waals surface area contributed by atoms with Gasteiger partial charge in [-0.15, -0.1) is 0 Å². The van der Waals surface area contributed by atoms with Gasteiger partial charge < -0.3 is 23.8 Å². The van der Waals surface area contributed by atoms with Crippen molar-refractivity contribution in [1.82, 2.24) is 0 Å². The molecule has 2 aromatic carbocycles. The summed E-state index contributed by atoms with van der Waals surface area (Å²) in [5.41, 5.74) is 3.23. The van der Waals surface area contributed by atoms with Crippen molar-refractivity contribution in [3.8, 4) is 17.2 Å². The van der Waals surface area contributed by atoms with Crippen LogP contribution in [0.4, 0.5) is 0 Å². The molecule has 0 spiro atoms. The molecule has 6 nitrogen and oxygen atoms in total. The molecule has 0 heterocycles. The predicted octanol–water partition coefficient (Wildman–Crippen LogP) is 5.65. The monoisotopic (exact) mass is 441 g/mol. The van der Waals surface area contributed by atoms with Crippen LogP contribution in [0.1, 0.15) is 36.5 Å². The fourth-order valence-electron chi connectivity index (χ4n) is 3.09. The molecule has 0 atom stereocenters. The third kappa shape index (κ3) is 9.43. The summed E-state index contributed by atoms with van der Waals surface area (Å²) in [4.78, 5) is 4.60. The van der Waals surface area contributed by atoms with Crippen molar-refractivity contribution in [2.24, 2.45) is 5.16 Å². The van der Waals surface area contributed by atoms with E-state index < -0.39 is 0 Å². The third-order valence-corrected chi connectivity index (χ3v) is 4.61. The summed E-state index contributed by atoms with van der Waals surface area (Å²) in [6.07, 6.45) is 7.38. The van der Waals surface area contributed by atoms with Gasteiger partial charge in [0.15, 0.2) is 0 Å². The van der Waals surface area contributed by atoms with Gasteiger partial charge in [0, 0.05) is 0 Å². The predicted molar refractivity (Wildman–Crippen MR) is 128 cm³/mol. The van der Waals surface area contributed by atoms with Gasteiger partial charge in [-0.3, -0.25) is 0 Å². The van der Waals surface area contributed by atoms with E-state index >= 15 is 0 Å². The van der Waals surface area contributed by atoms with Crippen LogP contribution in [-0.2, 0) is 16.2 Å². The molecular weight excluding hydrogens is 406 g/mol. The number of oxime groups is 1. The summed E-state index contributed by atoms with van der Waals surface area (Å²) >= 11 is 0. The molecule has 0 aliphatic rings. The van der Waals surface area contributed by atoms with Gasteiger partial charge in [-0.2, -0.15) is 0 Å². The van der Waals surface area contributed by atoms with Crippen LogP contribution >= 0.6 is 0 Å². The number of unbranched alkanes of at least 4 members (excludes halogenated alkanes) is 1. The number of aryl methyl sites for hydroxylation is 2. The average molecular weight is 442 g/mol. The van der Waals surface area contributed by atoms with Crippen molar-refractivity contribution in [2.75, 3.05) is 33.5 Å². The molecule has 2 rings (SSSR count). The molecule has 32 heavy (non-hydrogen) atoms. The second-order valence-electron chi connectivity index (χ2n) is 7.30. The SMILES string of the molecule is C/C=C/COc1cc(C)c(OCCCCOc2cccc(COCC=NOC)c2)c(C)c1. The molecule has 0 saturated carbocycles. The Morgan fingerprint density at radius 1 is 0.875 bits per heavy atom. The lowest BCUT2D eigenvalue weighted by Gasteiger charge is -2.14. The molecule has 0 amide bonds. The van der Waals surface area contributed by atoms with Crippen molar-refractivity contribution in [2.45, 2.75) is 40.2 Å². The molecule has 0 radical (unpaired) electrons. The lowest BCUT2D eigenvalue weighted by atomic mass is 10.1. The van der Waals surface area contributed by atoms with Gasteiger partial charge in [-0.1, -0.05) is 29.4 Å². The van der Waals surface area contributed by atoms with Crippen LogP contribution in [0, 0.1) is 13.8 Å². The zero-order chi connectivity index (χ0) is 23.0. The second-order valence-corrected chi connectivity index (χ2v) is 7.30. The van der Waals surface area contributed by atoms with Crippen molar-refractivity contribution < 1.29 is 23.8 Å². The number of ether oxygens (including phenoxy) is 4. The average Bonchev–Trinajstić information content (AvgIpc) is 2.78. The Balaban J connectivity index is 1.68. The van der Waals surface area contributed by atoms with E-state index in [-0.39, 0.29) is 0 Å². The fourth-order valence-corrected chi connectivity index (χ4v) is 3.09. The highest BCUT2D eigenvalue weighted by Crippen LogP contribution is 2.28. The summed E-state index contributed by atoms with van der Waals surface area (Å²) in [6.45, 7) is 8.86. The summed E-state index contributed by atoms with van der Waals surface area (Å²) in [6, 6.07) is 12.0. The van der Waals surface area contributed by atoms with Crippen molar-refractivity contribution in [3.63, 3.8) is 0 Å². The Hall–Kier alpha value is -2.99. The van der Waals surface area contributed by atoms with E-state index in [1.807, 2.05) is 55.5 Å². The molecule has 0 aliphatic carbocycles. The van der Waals surface area contributed by atoms with Crippen LogP contribution in [0.3, 0.4) is 0 Å². The van der Waals surface area contributed by atoms with E-state index in [0.717, 1.165) is 46.8 Å². The molecular formula is C26H35NO5. The Bertz CT molecular complexity index is 840. The number of nitrogens with zero attached hydrogens (tertiary/aromatic N) is 1. The standard InChI is InChI=1S/C26H35NO5/c1-5-6-13-31-25-17-21(2)26(22(3)18-25)32-15-8-7-14-30-24-11-9-10-23(19-24)20-29-16-12-27-28-4/h5-6,9-12,17-19H,7-8,13-16,20H2,1-4H3/b6-5+,27-12?. The zero-order valence-corrected chi connectivity index (χ0v) is 19.6. The molecule has 0 bridgehead atoms. The minimum atomic E-state index is 0.407. The molecule has 0 N–H and O–H groups in total. The highest BCUT2D eigenvalue weighted by atomic mass is 16.6. The summed E-state index contributed by atoms with van der Waals surface area (Å²) in [5.74, 6) is 2.65. The van der Waals surface area contributed by atoms with Gasteiger partial charge >= 0.3 is 0 Å². The van der Waals surface area contributed by atoms with Crippen molar-refractivity contribution in [3.05, 3.63) is 65.2 Å². The molecule has 0 unspecified atom stereocenters. The van der Waals surface area contributed by atoms with E-state index in [0.29, 0.717) is 33.0 Å². The lowest BCUT2D eigenvalue weighted by Crippen LogP contribution is -2.05. The summed E-state index contributed by atoms with van der Waals surface area (Å²) in [7, 11) is 1.51. The first-order chi connectivity index (χ1) is 15.6. The van der Waals surface area contributed by atoms with E-state index in [1.165, 1.54) is 7.11 Å². The second kappa shape index (κ2) is 14.9. The minimum Gasteiger partial charge on any atom is -0.494 e. The van der Waals surface area contributed by atoms with Gasteiger partial charge in [0.25, 0.3) is 0 Å². The number of hydrogen-bond acceptors (Lipinski definition) is 6. The van der Waals surface area contributed by atoms with Gasteiger partial charge in [0.1, 0.15) is 31.0 Å². The van der Waals surface area contributed by atoms with Crippen LogP contribution in [-0.4, -0.2) is 39.8 Å². The Labute approximate surface area is 191 Å². The lowest BCUT2D eigenvalue weighted by molar-refractivity contribution is 0.154. The molecule has 0 fully saturated rings. The first kappa shape index (κ1) is 25.3. The van der Waals surface area contributed by atoms with Gasteiger partial charge in [-0.05, 0) is 74.6 Å². The normalized spacial score (nSPS) is 11.2. The smallest absolute Gasteiger partial charge is 0.125 e. The number of benzene rings is 2. The van der Waals surface area contributed by atoms with Gasteiger partial charge in [0.2, 0.25) is 0 Å². The molecule has 0 aromatic heterocycles. The van der Waals surface area contributed by atoms with Crippen LogP contribution < -0.4 is 14.2 Å². The maximum absolute atomic E-state index is 6.03. The third-order valence-electron chi connectivity index (χ3n) is 4.61.